The molecule has 0 amide bonds. The third kappa shape index (κ3) is 5.03. The molecule has 3 saturated carbocycles. The Hall–Kier alpha value is -3.46. The molecule has 0 N–H and O–H groups in total. The number of hydrogen-bond donors (Lipinski definition) is 0. The lowest BCUT2D eigenvalue weighted by molar-refractivity contribution is -0.0638. The highest BCUT2D eigenvalue weighted by atomic mass is 32.2. The van der Waals surface area contributed by atoms with Gasteiger partial charge in [-0.3, -0.25) is 0 Å². The Morgan fingerprint density at radius 2 is 1.17 bits per heavy atom. The SMILES string of the molecule is COc1ccc2c3c1O[C@@H]1C(F)CCC4[C@H](C2)N(S(=O)(=O)C2CC2)CC[C@]341.COc1ccc2c3c1O[C@@H]1C(F)CCC4[C@H](C2)N(S(=O)(=O)Cc2ccccc2)CC[C@]341. The molecule has 5 aliphatic carbocycles. The molecule has 10 atom stereocenters. The molecule has 5 fully saturated rings. The van der Waals surface area contributed by atoms with Crippen LogP contribution in [0.2, 0.25) is 0 Å². The van der Waals surface area contributed by atoms with Crippen LogP contribution in [0, 0.1) is 11.8 Å². The van der Waals surface area contributed by atoms with Crippen LogP contribution in [-0.2, 0) is 49.5 Å². The molecule has 2 saturated heterocycles. The van der Waals surface area contributed by atoms with Crippen molar-refractivity contribution < 1.29 is 44.6 Å². The van der Waals surface area contributed by atoms with Crippen molar-refractivity contribution >= 4 is 20.0 Å². The van der Waals surface area contributed by atoms with Gasteiger partial charge >= 0.3 is 0 Å². The first-order valence-corrected chi connectivity index (χ1v) is 24.1. The summed E-state index contributed by atoms with van der Waals surface area (Å²) in [6.45, 7) is 0.877. The summed E-state index contributed by atoms with van der Waals surface area (Å²) in [5, 5.41) is -0.201. The fraction of sp³-hybridized carbons (Fsp3) is 0.591. The standard InChI is InChI=1S/C24H26FNO4S.C20H24FNO4S/c1-29-20-10-7-16-13-19-17-8-9-18(25)23-24(17,21(16)22(20)30-23)11-12-26(19)31(27,28)14-15-5-3-2-4-6-15;1-25-16-7-2-11-10-15-13-5-6-14(21)19-20(13,17(11)18(16)26-19)8-9-22(15)27(23,24)12-3-4-12/h2-7,10,17-19,23H,8-9,11-14H2,1H3;2,7,12-15,19H,3-6,8-10H2,1H3/t17?,18?,19-,23+,24+;13?,14?,15-,19+,20+/m00/s1. The van der Waals surface area contributed by atoms with Crippen molar-refractivity contribution in [3.05, 3.63) is 82.4 Å². The van der Waals surface area contributed by atoms with Gasteiger partial charge in [-0.1, -0.05) is 42.5 Å². The summed E-state index contributed by atoms with van der Waals surface area (Å²) in [4.78, 5) is 0. The normalized spacial score (nSPS) is 36.3. The zero-order valence-electron chi connectivity index (χ0n) is 32.8. The zero-order valence-corrected chi connectivity index (χ0v) is 34.5. The Labute approximate surface area is 339 Å². The largest absolute Gasteiger partial charge is 0.493 e. The first kappa shape index (κ1) is 37.5. The van der Waals surface area contributed by atoms with Gasteiger partial charge in [0.25, 0.3) is 0 Å². The number of nitrogens with zero attached hydrogens (tertiary/aromatic N) is 2. The summed E-state index contributed by atoms with van der Waals surface area (Å²) in [5.41, 5.74) is 4.31. The molecule has 2 spiro atoms. The fourth-order valence-corrected chi connectivity index (χ4v) is 17.1. The first-order chi connectivity index (χ1) is 27.9. The van der Waals surface area contributed by atoms with E-state index in [2.05, 4.69) is 0 Å². The molecule has 9 aliphatic rings. The molecule has 4 unspecified atom stereocenters. The first-order valence-electron chi connectivity index (χ1n) is 21.0. The minimum Gasteiger partial charge on any atom is -0.493 e. The van der Waals surface area contributed by atoms with E-state index >= 15 is 8.78 Å². The van der Waals surface area contributed by atoms with Crippen LogP contribution in [0.5, 0.6) is 23.0 Å². The van der Waals surface area contributed by atoms with Crippen molar-refractivity contribution in [3.8, 4) is 23.0 Å². The van der Waals surface area contributed by atoms with E-state index in [1.54, 1.807) is 22.8 Å². The Balaban J connectivity index is 0.000000134. The summed E-state index contributed by atoms with van der Waals surface area (Å²) in [7, 11) is -3.52. The summed E-state index contributed by atoms with van der Waals surface area (Å²) in [5.74, 6) is 2.87. The lowest BCUT2D eigenvalue weighted by atomic mass is 9.52. The Bertz CT molecular complexity index is 2400. The third-order valence-corrected chi connectivity index (χ3v) is 19.9. The monoisotopic (exact) mass is 836 g/mol. The number of piperidine rings is 2. The average molecular weight is 837 g/mol. The number of sulfonamides is 2. The number of benzene rings is 3. The summed E-state index contributed by atoms with van der Waals surface area (Å²) in [6, 6.07) is 16.9. The zero-order chi connectivity index (χ0) is 39.9. The number of methoxy groups -OCH3 is 2. The molecule has 0 aromatic heterocycles. The van der Waals surface area contributed by atoms with Gasteiger partial charge in [-0.05, 0) is 105 Å². The molecule has 4 bridgehead atoms. The molecule has 4 aliphatic heterocycles. The molecule has 14 heteroatoms. The van der Waals surface area contributed by atoms with E-state index in [-0.39, 0.29) is 34.9 Å². The van der Waals surface area contributed by atoms with Gasteiger partial charge in [0.1, 0.15) is 24.6 Å². The van der Waals surface area contributed by atoms with Crippen LogP contribution in [0.4, 0.5) is 8.78 Å². The van der Waals surface area contributed by atoms with Crippen molar-refractivity contribution in [2.45, 2.75) is 123 Å². The van der Waals surface area contributed by atoms with Gasteiger partial charge in [0.2, 0.25) is 20.0 Å². The van der Waals surface area contributed by atoms with Gasteiger partial charge in [-0.2, -0.15) is 8.61 Å². The maximum Gasteiger partial charge on any atom is 0.218 e. The van der Waals surface area contributed by atoms with Crippen LogP contribution in [0.1, 0.15) is 79.2 Å². The Morgan fingerprint density at radius 1 is 0.672 bits per heavy atom. The van der Waals surface area contributed by atoms with Crippen LogP contribution in [-0.4, -0.2) is 94.6 Å². The molecular formula is C44H50F2N2O8S2. The van der Waals surface area contributed by atoms with Crippen molar-refractivity contribution in [1.29, 1.82) is 0 Å². The van der Waals surface area contributed by atoms with E-state index in [0.717, 1.165) is 47.1 Å². The smallest absolute Gasteiger partial charge is 0.218 e. The lowest BCUT2D eigenvalue weighted by Gasteiger charge is -2.58. The van der Waals surface area contributed by atoms with Crippen molar-refractivity contribution in [2.24, 2.45) is 11.8 Å². The van der Waals surface area contributed by atoms with Crippen molar-refractivity contribution in [3.63, 3.8) is 0 Å². The topological polar surface area (TPSA) is 112 Å². The van der Waals surface area contributed by atoms with Crippen LogP contribution in [0.15, 0.2) is 54.6 Å². The third-order valence-electron chi connectivity index (χ3n) is 15.6. The number of ether oxygens (including phenoxy) is 4. The summed E-state index contributed by atoms with van der Waals surface area (Å²) >= 11 is 0. The van der Waals surface area contributed by atoms with E-state index < -0.39 is 55.4 Å². The van der Waals surface area contributed by atoms with Crippen LogP contribution >= 0.6 is 0 Å². The van der Waals surface area contributed by atoms with Crippen LogP contribution in [0.3, 0.4) is 0 Å². The minimum atomic E-state index is -3.50. The molecule has 3 aromatic carbocycles. The molecular weight excluding hydrogens is 787 g/mol. The van der Waals surface area contributed by atoms with Crippen LogP contribution < -0.4 is 18.9 Å². The van der Waals surface area contributed by atoms with Gasteiger partial charge in [-0.15, -0.1) is 0 Å². The molecule has 310 valence electrons. The second-order valence-corrected chi connectivity index (χ2v) is 22.2. The number of rotatable bonds is 7. The van der Waals surface area contributed by atoms with Gasteiger partial charge < -0.3 is 18.9 Å². The highest BCUT2D eigenvalue weighted by Crippen LogP contribution is 2.66. The van der Waals surface area contributed by atoms with E-state index in [9.17, 15) is 16.8 Å². The Morgan fingerprint density at radius 3 is 1.67 bits per heavy atom. The highest BCUT2D eigenvalue weighted by Gasteiger charge is 2.69. The van der Waals surface area contributed by atoms with Crippen molar-refractivity contribution in [2.75, 3.05) is 27.3 Å². The van der Waals surface area contributed by atoms with Gasteiger partial charge in [0.15, 0.2) is 23.0 Å². The van der Waals surface area contributed by atoms with E-state index in [1.807, 2.05) is 54.6 Å². The van der Waals surface area contributed by atoms with E-state index in [0.29, 0.717) is 81.0 Å². The second-order valence-electron chi connectivity index (χ2n) is 18.1. The number of halogens is 2. The van der Waals surface area contributed by atoms with Crippen molar-refractivity contribution in [1.82, 2.24) is 8.61 Å². The minimum absolute atomic E-state index is 0.00353. The summed E-state index contributed by atoms with van der Waals surface area (Å²) in [6.07, 6.45) is 3.21. The van der Waals surface area contributed by atoms with Gasteiger partial charge in [0, 0.05) is 47.1 Å². The molecule has 58 heavy (non-hydrogen) atoms. The van der Waals surface area contributed by atoms with Gasteiger partial charge in [-0.25, -0.2) is 25.6 Å². The van der Waals surface area contributed by atoms with E-state index in [4.69, 9.17) is 18.9 Å². The second kappa shape index (κ2) is 13.0. The summed E-state index contributed by atoms with van der Waals surface area (Å²) < 4.78 is 110. The lowest BCUT2D eigenvalue weighted by Crippen LogP contribution is -2.67. The average Bonchev–Trinajstić information content (AvgIpc) is 3.94. The fourth-order valence-electron chi connectivity index (χ4n) is 13.3. The Kier molecular flexibility index (Phi) is 8.43. The maximum absolute atomic E-state index is 15.2. The van der Waals surface area contributed by atoms with E-state index in [1.165, 1.54) is 0 Å². The number of hydrogen-bond acceptors (Lipinski definition) is 8. The predicted molar refractivity (Wildman–Crippen MR) is 212 cm³/mol. The predicted octanol–water partition coefficient (Wildman–Crippen LogP) is 6.17. The van der Waals surface area contributed by atoms with Crippen LogP contribution in [0.25, 0.3) is 0 Å². The quantitative estimate of drug-likeness (QED) is 0.278. The number of alkyl halides is 2. The molecule has 12 rings (SSSR count). The highest BCUT2D eigenvalue weighted by molar-refractivity contribution is 7.90. The molecule has 3 aromatic rings. The molecule has 4 heterocycles. The molecule has 0 radical (unpaired) electrons. The molecule has 10 nitrogen and oxygen atoms in total. The maximum atomic E-state index is 15.2. The van der Waals surface area contributed by atoms with Gasteiger partial charge in [0.05, 0.1) is 25.2 Å².